The Morgan fingerprint density at radius 3 is 2.71 bits per heavy atom. The average molecular weight is 344 g/mol. The fourth-order valence-electron chi connectivity index (χ4n) is 2.71. The van der Waals surface area contributed by atoms with Crippen molar-refractivity contribution in [1.29, 1.82) is 0 Å². The third kappa shape index (κ3) is 3.68. The number of likely N-dealkylation sites (N-methyl/N-ethyl adjacent to an activating group) is 1. The molecule has 2 N–H and O–H groups in total. The highest BCUT2D eigenvalue weighted by molar-refractivity contribution is 6.30. The molecule has 5 nitrogen and oxygen atoms in total. The lowest BCUT2D eigenvalue weighted by Crippen LogP contribution is -2.30. The summed E-state index contributed by atoms with van der Waals surface area (Å²) in [5.74, 6) is 0.114. The predicted octanol–water partition coefficient (Wildman–Crippen LogP) is 3.22. The van der Waals surface area contributed by atoms with Crippen LogP contribution in [0, 0.1) is 0 Å². The van der Waals surface area contributed by atoms with Crippen LogP contribution in [0.15, 0.2) is 42.5 Å². The fourth-order valence-corrected chi connectivity index (χ4v) is 2.83. The van der Waals surface area contributed by atoms with Gasteiger partial charge in [0.05, 0.1) is 6.42 Å². The molecule has 2 aromatic carbocycles. The molecule has 3 rings (SSSR count). The Hall–Kier alpha value is -2.53. The van der Waals surface area contributed by atoms with Gasteiger partial charge in [-0.3, -0.25) is 4.79 Å². The normalized spacial score (nSPS) is 12.9. The van der Waals surface area contributed by atoms with Gasteiger partial charge in [0.2, 0.25) is 5.91 Å². The number of rotatable bonds is 4. The number of nitrogens with one attached hydrogen (secondary N) is 2. The molecule has 0 saturated carbocycles. The van der Waals surface area contributed by atoms with Crippen LogP contribution in [0.1, 0.15) is 11.1 Å². The number of anilines is 2. The highest BCUT2D eigenvalue weighted by Gasteiger charge is 2.23. The van der Waals surface area contributed by atoms with Crippen LogP contribution in [0.25, 0.3) is 0 Å². The van der Waals surface area contributed by atoms with Gasteiger partial charge in [-0.2, -0.15) is 0 Å². The first-order chi connectivity index (χ1) is 11.5. The Labute approximate surface area is 145 Å². The number of halogens is 1. The molecule has 0 unspecified atom stereocenters. The summed E-state index contributed by atoms with van der Waals surface area (Å²) < 4.78 is 0. The summed E-state index contributed by atoms with van der Waals surface area (Å²) in [4.78, 5) is 25.2. The van der Waals surface area contributed by atoms with Crippen molar-refractivity contribution in [2.24, 2.45) is 0 Å². The number of hydrogen-bond acceptors (Lipinski definition) is 2. The number of benzene rings is 2. The van der Waals surface area contributed by atoms with E-state index in [9.17, 15) is 9.59 Å². The molecule has 0 aromatic heterocycles. The fraction of sp³-hybridized carbons (Fsp3) is 0.222. The van der Waals surface area contributed by atoms with Crippen LogP contribution in [-0.4, -0.2) is 25.5 Å². The Kier molecular flexibility index (Phi) is 4.71. The van der Waals surface area contributed by atoms with Crippen LogP contribution >= 0.6 is 11.6 Å². The molecule has 1 aliphatic rings. The summed E-state index contributed by atoms with van der Waals surface area (Å²) in [6.45, 7) is 0.516. The predicted molar refractivity (Wildman–Crippen MR) is 95.7 cm³/mol. The van der Waals surface area contributed by atoms with Crippen molar-refractivity contribution in [2.75, 3.05) is 23.8 Å². The van der Waals surface area contributed by atoms with E-state index in [2.05, 4.69) is 10.6 Å². The first-order valence-electron chi connectivity index (χ1n) is 7.72. The van der Waals surface area contributed by atoms with E-state index in [1.165, 1.54) is 0 Å². The topological polar surface area (TPSA) is 61.4 Å². The van der Waals surface area contributed by atoms with E-state index >= 15 is 0 Å². The largest absolute Gasteiger partial charge is 0.338 e. The molecule has 1 aliphatic heterocycles. The molecule has 24 heavy (non-hydrogen) atoms. The molecule has 3 amide bonds. The average Bonchev–Trinajstić information content (AvgIpc) is 2.84. The monoisotopic (exact) mass is 343 g/mol. The second kappa shape index (κ2) is 6.93. The lowest BCUT2D eigenvalue weighted by Gasteiger charge is -2.11. The quantitative estimate of drug-likeness (QED) is 0.895. The van der Waals surface area contributed by atoms with Crippen molar-refractivity contribution in [1.82, 2.24) is 5.32 Å². The van der Waals surface area contributed by atoms with E-state index in [-0.39, 0.29) is 11.9 Å². The van der Waals surface area contributed by atoms with Crippen molar-refractivity contribution in [3.8, 4) is 0 Å². The number of nitrogens with zero attached hydrogens (tertiary/aromatic N) is 1. The van der Waals surface area contributed by atoms with E-state index in [1.54, 1.807) is 36.2 Å². The third-order valence-electron chi connectivity index (χ3n) is 4.02. The summed E-state index contributed by atoms with van der Waals surface area (Å²) >= 11 is 5.81. The van der Waals surface area contributed by atoms with Crippen molar-refractivity contribution >= 4 is 34.9 Å². The van der Waals surface area contributed by atoms with Gasteiger partial charge in [0.15, 0.2) is 0 Å². The number of urea groups is 1. The van der Waals surface area contributed by atoms with E-state index in [0.717, 1.165) is 16.8 Å². The molecule has 0 radical (unpaired) electrons. The number of amides is 3. The molecule has 124 valence electrons. The molecule has 1 heterocycles. The maximum absolute atomic E-state index is 11.9. The van der Waals surface area contributed by atoms with Gasteiger partial charge in [-0.05, 0) is 47.9 Å². The van der Waals surface area contributed by atoms with Crippen LogP contribution in [0.2, 0.25) is 5.02 Å². The molecule has 6 heteroatoms. The highest BCUT2D eigenvalue weighted by Crippen LogP contribution is 2.28. The zero-order valence-electron chi connectivity index (χ0n) is 13.3. The summed E-state index contributed by atoms with van der Waals surface area (Å²) in [5, 5.41) is 6.19. The second-order valence-electron chi connectivity index (χ2n) is 5.73. The van der Waals surface area contributed by atoms with Gasteiger partial charge in [0, 0.05) is 30.0 Å². The number of carbonyl (C=O) groups is 2. The van der Waals surface area contributed by atoms with Gasteiger partial charge >= 0.3 is 6.03 Å². The van der Waals surface area contributed by atoms with Gasteiger partial charge in [0.25, 0.3) is 0 Å². The van der Waals surface area contributed by atoms with Crippen molar-refractivity contribution in [2.45, 2.75) is 12.8 Å². The summed E-state index contributed by atoms with van der Waals surface area (Å²) in [6.07, 6.45) is 1.16. The zero-order chi connectivity index (χ0) is 17.1. The maximum atomic E-state index is 11.9. The summed E-state index contributed by atoms with van der Waals surface area (Å²) in [6, 6.07) is 12.7. The molecule has 0 saturated heterocycles. The molecule has 0 spiro atoms. The Morgan fingerprint density at radius 2 is 1.96 bits per heavy atom. The molecule has 0 fully saturated rings. The van der Waals surface area contributed by atoms with Crippen LogP contribution in [-0.2, 0) is 17.6 Å². The van der Waals surface area contributed by atoms with Crippen LogP contribution in [0.3, 0.4) is 0 Å². The van der Waals surface area contributed by atoms with Crippen molar-refractivity contribution in [3.63, 3.8) is 0 Å². The van der Waals surface area contributed by atoms with Gasteiger partial charge in [-0.1, -0.05) is 23.7 Å². The van der Waals surface area contributed by atoms with Crippen LogP contribution in [0.4, 0.5) is 16.2 Å². The maximum Gasteiger partial charge on any atom is 0.319 e. The van der Waals surface area contributed by atoms with Crippen molar-refractivity contribution in [3.05, 3.63) is 58.6 Å². The molecule has 0 aliphatic carbocycles. The molecular weight excluding hydrogens is 326 g/mol. The SMILES string of the molecule is CN1C(=O)Cc2cc(CCNC(=O)Nc3ccc(Cl)cc3)ccc21. The van der Waals surface area contributed by atoms with Crippen LogP contribution in [0.5, 0.6) is 0 Å². The summed E-state index contributed by atoms with van der Waals surface area (Å²) in [5.41, 5.74) is 3.81. The van der Waals surface area contributed by atoms with E-state index < -0.39 is 0 Å². The molecule has 2 aromatic rings. The smallest absolute Gasteiger partial charge is 0.319 e. The van der Waals surface area contributed by atoms with Gasteiger partial charge in [0.1, 0.15) is 0 Å². The Balaban J connectivity index is 1.50. The standard InChI is InChI=1S/C18H18ClN3O2/c1-22-16-7-2-12(10-13(16)11-17(22)23)8-9-20-18(24)21-15-5-3-14(19)4-6-15/h2-7,10H,8-9,11H2,1H3,(H2,20,21,24). The zero-order valence-corrected chi connectivity index (χ0v) is 14.1. The van der Waals surface area contributed by atoms with Crippen LogP contribution < -0.4 is 15.5 Å². The lowest BCUT2D eigenvalue weighted by molar-refractivity contribution is -0.117. The lowest BCUT2D eigenvalue weighted by atomic mass is 10.1. The molecule has 0 atom stereocenters. The minimum Gasteiger partial charge on any atom is -0.338 e. The van der Waals surface area contributed by atoms with E-state index in [0.29, 0.717) is 30.1 Å². The number of hydrogen-bond donors (Lipinski definition) is 2. The number of fused-ring (bicyclic) bond motifs is 1. The first-order valence-corrected chi connectivity index (χ1v) is 8.09. The van der Waals surface area contributed by atoms with E-state index in [1.807, 2.05) is 18.2 Å². The van der Waals surface area contributed by atoms with Gasteiger partial charge in [-0.25, -0.2) is 4.79 Å². The summed E-state index contributed by atoms with van der Waals surface area (Å²) in [7, 11) is 1.79. The third-order valence-corrected chi connectivity index (χ3v) is 4.27. The highest BCUT2D eigenvalue weighted by atomic mass is 35.5. The van der Waals surface area contributed by atoms with E-state index in [4.69, 9.17) is 11.6 Å². The Morgan fingerprint density at radius 1 is 1.21 bits per heavy atom. The van der Waals surface area contributed by atoms with Crippen molar-refractivity contribution < 1.29 is 9.59 Å². The molecular formula is C18H18ClN3O2. The first kappa shape index (κ1) is 16.3. The number of carbonyl (C=O) groups excluding carboxylic acids is 2. The minimum absolute atomic E-state index is 0.114. The van der Waals surface area contributed by atoms with Gasteiger partial charge < -0.3 is 15.5 Å². The Bertz CT molecular complexity index is 774. The molecule has 0 bridgehead atoms. The minimum atomic E-state index is -0.256. The van der Waals surface area contributed by atoms with Gasteiger partial charge in [-0.15, -0.1) is 0 Å². The second-order valence-corrected chi connectivity index (χ2v) is 6.17.